The second-order valence-corrected chi connectivity index (χ2v) is 5.49. The molecule has 0 radical (unpaired) electrons. The van der Waals surface area contributed by atoms with Crippen molar-refractivity contribution >= 4 is 22.5 Å². The molecule has 0 aliphatic carbocycles. The largest absolute Gasteiger partial charge is 0.339 e. The molecule has 0 spiro atoms. The minimum atomic E-state index is 0.499. The van der Waals surface area contributed by atoms with Crippen LogP contribution in [0.5, 0.6) is 0 Å². The van der Waals surface area contributed by atoms with Crippen molar-refractivity contribution in [1.82, 2.24) is 24.7 Å². The summed E-state index contributed by atoms with van der Waals surface area (Å²) < 4.78 is 1.81. The Hall–Kier alpha value is -3.79. The van der Waals surface area contributed by atoms with Gasteiger partial charge in [0.1, 0.15) is 12.4 Å². The number of nitriles is 1. The molecule has 7 heteroatoms. The van der Waals surface area contributed by atoms with Crippen LogP contribution < -0.4 is 5.32 Å². The van der Waals surface area contributed by atoms with E-state index in [0.29, 0.717) is 17.2 Å². The average molecular weight is 327 g/mol. The molecule has 0 saturated carbocycles. The summed E-state index contributed by atoms with van der Waals surface area (Å²) in [5, 5.41) is 20.6. The van der Waals surface area contributed by atoms with Crippen molar-refractivity contribution in [1.29, 1.82) is 5.26 Å². The Morgan fingerprint density at radius 3 is 2.80 bits per heavy atom. The van der Waals surface area contributed by atoms with Crippen molar-refractivity contribution in [2.75, 3.05) is 5.32 Å². The molecular formula is C18H13N7. The Labute approximate surface area is 143 Å². The third-order valence-corrected chi connectivity index (χ3v) is 3.75. The summed E-state index contributed by atoms with van der Waals surface area (Å²) in [6.45, 7) is 1.89. The van der Waals surface area contributed by atoms with Crippen LogP contribution in [-0.2, 0) is 0 Å². The molecule has 0 atom stereocenters. The molecule has 7 nitrogen and oxygen atoms in total. The third-order valence-electron chi connectivity index (χ3n) is 3.75. The van der Waals surface area contributed by atoms with Crippen LogP contribution in [0.15, 0.2) is 55.0 Å². The number of nitrogens with one attached hydrogen (secondary N) is 1. The van der Waals surface area contributed by atoms with E-state index in [4.69, 9.17) is 0 Å². The molecule has 25 heavy (non-hydrogen) atoms. The lowest BCUT2D eigenvalue weighted by Crippen LogP contribution is -1.99. The number of pyridine rings is 1. The van der Waals surface area contributed by atoms with Crippen LogP contribution in [0, 0.1) is 18.3 Å². The van der Waals surface area contributed by atoms with Crippen LogP contribution in [0.4, 0.5) is 11.5 Å². The first kappa shape index (κ1) is 14.8. The summed E-state index contributed by atoms with van der Waals surface area (Å²) in [4.78, 5) is 8.73. The zero-order valence-electron chi connectivity index (χ0n) is 13.4. The molecule has 0 saturated heterocycles. The minimum Gasteiger partial charge on any atom is -0.339 e. The Morgan fingerprint density at radius 1 is 1.08 bits per heavy atom. The maximum Gasteiger partial charge on any atom is 0.156 e. The predicted molar refractivity (Wildman–Crippen MR) is 93.6 cm³/mol. The third kappa shape index (κ3) is 2.77. The number of imidazole rings is 1. The molecule has 4 aromatic rings. The van der Waals surface area contributed by atoms with Gasteiger partial charge in [0.05, 0.1) is 22.3 Å². The lowest BCUT2D eigenvalue weighted by Gasteiger charge is -2.07. The van der Waals surface area contributed by atoms with Gasteiger partial charge in [-0.1, -0.05) is 0 Å². The smallest absolute Gasteiger partial charge is 0.156 e. The molecule has 0 unspecified atom stereocenters. The van der Waals surface area contributed by atoms with Gasteiger partial charge < -0.3 is 5.32 Å². The quantitative estimate of drug-likeness (QED) is 0.621. The van der Waals surface area contributed by atoms with Crippen molar-refractivity contribution in [3.63, 3.8) is 0 Å². The summed E-state index contributed by atoms with van der Waals surface area (Å²) in [7, 11) is 0. The number of hydrogen-bond acceptors (Lipinski definition) is 6. The second kappa shape index (κ2) is 6.02. The Balaban J connectivity index is 1.72. The highest BCUT2D eigenvalue weighted by molar-refractivity contribution is 5.82. The van der Waals surface area contributed by atoms with Gasteiger partial charge in [-0.05, 0) is 49.4 Å². The van der Waals surface area contributed by atoms with Gasteiger partial charge in [0.15, 0.2) is 11.6 Å². The number of aromatic nitrogens is 5. The van der Waals surface area contributed by atoms with E-state index < -0.39 is 0 Å². The first-order valence-electron chi connectivity index (χ1n) is 7.64. The average Bonchev–Trinajstić information content (AvgIpc) is 3.06. The maximum absolute atomic E-state index is 9.27. The van der Waals surface area contributed by atoms with Crippen molar-refractivity contribution in [2.45, 2.75) is 6.92 Å². The summed E-state index contributed by atoms with van der Waals surface area (Å²) in [6.07, 6.45) is 3.33. The predicted octanol–water partition coefficient (Wildman–Crippen LogP) is 3.13. The van der Waals surface area contributed by atoms with Crippen LogP contribution >= 0.6 is 0 Å². The summed E-state index contributed by atoms with van der Waals surface area (Å²) in [5.74, 6) is 1.23. The van der Waals surface area contributed by atoms with Gasteiger partial charge in [0.25, 0.3) is 0 Å². The number of hydrogen-bond donors (Lipinski definition) is 1. The molecule has 0 aliphatic heterocycles. The van der Waals surface area contributed by atoms with Gasteiger partial charge in [-0.3, -0.25) is 4.57 Å². The highest BCUT2D eigenvalue weighted by Crippen LogP contribution is 2.23. The number of benzene rings is 1. The van der Waals surface area contributed by atoms with Gasteiger partial charge in [-0.2, -0.15) is 10.4 Å². The maximum atomic E-state index is 9.27. The van der Waals surface area contributed by atoms with Crippen LogP contribution in [0.25, 0.3) is 16.9 Å². The minimum absolute atomic E-state index is 0.499. The lowest BCUT2D eigenvalue weighted by molar-refractivity contribution is 0.986. The van der Waals surface area contributed by atoms with E-state index in [1.54, 1.807) is 24.7 Å². The normalized spacial score (nSPS) is 10.6. The highest BCUT2D eigenvalue weighted by Gasteiger charge is 2.10. The van der Waals surface area contributed by atoms with Gasteiger partial charge in [0.2, 0.25) is 0 Å². The molecule has 1 N–H and O–H groups in total. The Bertz CT molecular complexity index is 1090. The first-order valence-corrected chi connectivity index (χ1v) is 7.64. The number of rotatable bonds is 3. The van der Waals surface area contributed by atoms with Gasteiger partial charge in [0, 0.05) is 11.9 Å². The number of aryl methyl sites for hydroxylation is 1. The molecule has 4 rings (SSSR count). The van der Waals surface area contributed by atoms with Crippen LogP contribution in [0.1, 0.15) is 11.3 Å². The molecule has 0 amide bonds. The monoisotopic (exact) mass is 327 g/mol. The molecule has 0 fully saturated rings. The van der Waals surface area contributed by atoms with E-state index >= 15 is 0 Å². The van der Waals surface area contributed by atoms with Crippen molar-refractivity contribution in [2.24, 2.45) is 0 Å². The molecule has 3 heterocycles. The lowest BCUT2D eigenvalue weighted by atomic mass is 10.2. The second-order valence-electron chi connectivity index (χ2n) is 5.49. The molecule has 0 bridgehead atoms. The fourth-order valence-corrected chi connectivity index (χ4v) is 2.55. The van der Waals surface area contributed by atoms with Gasteiger partial charge >= 0.3 is 0 Å². The van der Waals surface area contributed by atoms with Crippen molar-refractivity contribution < 1.29 is 0 Å². The van der Waals surface area contributed by atoms with Gasteiger partial charge in [-0.15, -0.1) is 5.10 Å². The standard InChI is InChI=1S/C18H13N7/c1-12-4-7-17(24-23-12)22-14-5-6-16-15(9-14)21-11-25(16)18-13(10-19)3-2-8-20-18/h2-9,11H,1H3,(H,22,24). The highest BCUT2D eigenvalue weighted by atomic mass is 15.2. The van der Waals surface area contributed by atoms with Crippen LogP contribution in [-0.4, -0.2) is 24.7 Å². The topological polar surface area (TPSA) is 92.3 Å². The Kier molecular flexibility index (Phi) is 3.56. The molecule has 120 valence electrons. The van der Waals surface area contributed by atoms with E-state index in [9.17, 15) is 5.26 Å². The number of nitrogens with zero attached hydrogens (tertiary/aromatic N) is 6. The van der Waals surface area contributed by atoms with E-state index in [0.717, 1.165) is 22.4 Å². The first-order chi connectivity index (χ1) is 12.2. The molecule has 0 aliphatic rings. The molecule has 1 aromatic carbocycles. The zero-order chi connectivity index (χ0) is 17.2. The zero-order valence-corrected chi connectivity index (χ0v) is 13.4. The van der Waals surface area contributed by atoms with E-state index in [1.807, 2.05) is 41.8 Å². The van der Waals surface area contributed by atoms with E-state index in [1.165, 1.54) is 0 Å². The fraction of sp³-hybridized carbons (Fsp3) is 0.0556. The van der Waals surface area contributed by atoms with Crippen molar-refractivity contribution in [3.8, 4) is 11.9 Å². The summed E-state index contributed by atoms with van der Waals surface area (Å²) in [5.41, 5.74) is 3.88. The summed E-state index contributed by atoms with van der Waals surface area (Å²) >= 11 is 0. The Morgan fingerprint density at radius 2 is 2.00 bits per heavy atom. The van der Waals surface area contributed by atoms with Crippen LogP contribution in [0.3, 0.4) is 0 Å². The summed E-state index contributed by atoms with van der Waals surface area (Å²) in [6, 6.07) is 15.2. The molecular weight excluding hydrogens is 314 g/mol. The van der Waals surface area contributed by atoms with Crippen molar-refractivity contribution in [3.05, 3.63) is 66.2 Å². The van der Waals surface area contributed by atoms with E-state index in [2.05, 4.69) is 31.6 Å². The molecule has 3 aromatic heterocycles. The SMILES string of the molecule is Cc1ccc(Nc2ccc3c(c2)ncn3-c2ncccc2C#N)nn1. The number of anilines is 2. The fourth-order valence-electron chi connectivity index (χ4n) is 2.55. The van der Waals surface area contributed by atoms with Crippen LogP contribution in [0.2, 0.25) is 0 Å². The number of fused-ring (bicyclic) bond motifs is 1. The van der Waals surface area contributed by atoms with Gasteiger partial charge in [-0.25, -0.2) is 9.97 Å². The van der Waals surface area contributed by atoms with E-state index in [-0.39, 0.29) is 0 Å².